The lowest BCUT2D eigenvalue weighted by Crippen LogP contribution is -2.35. The minimum Gasteiger partial charge on any atom is -0.348 e. The Balaban J connectivity index is 1.39. The van der Waals surface area contributed by atoms with Gasteiger partial charge in [0.25, 0.3) is 5.56 Å². The molecule has 1 N–H and O–H groups in total. The van der Waals surface area contributed by atoms with Gasteiger partial charge in [0.05, 0.1) is 17.6 Å². The zero-order chi connectivity index (χ0) is 19.7. The van der Waals surface area contributed by atoms with Crippen LogP contribution in [0.2, 0.25) is 0 Å². The first-order chi connectivity index (χ1) is 13.5. The molecule has 1 aliphatic heterocycles. The maximum atomic E-state index is 11.9. The van der Waals surface area contributed by atoms with Gasteiger partial charge >= 0.3 is 0 Å². The molecule has 1 unspecified atom stereocenters. The normalized spacial score (nSPS) is 17.6. The van der Waals surface area contributed by atoms with Crippen molar-refractivity contribution in [2.24, 2.45) is 0 Å². The number of aromatic nitrogens is 5. The van der Waals surface area contributed by atoms with Crippen molar-refractivity contribution in [2.75, 3.05) is 39.1 Å². The van der Waals surface area contributed by atoms with E-state index in [0.29, 0.717) is 18.5 Å². The van der Waals surface area contributed by atoms with Gasteiger partial charge < -0.3 is 4.90 Å². The average Bonchev–Trinajstić information content (AvgIpc) is 3.29. The molecule has 0 saturated carbocycles. The standard InChI is InChI=1S/C19H26N8O/c1-24(2)19-22-14(9-17(28)23-19)11-25(3)15-5-8-26(12-15)13-16-10-21-18-20-6-4-7-27(16)18/h4,6-7,9-10,15H,5,8,11-13H2,1-3H3,(H,22,23,28). The summed E-state index contributed by atoms with van der Waals surface area (Å²) < 4.78 is 2.04. The first-order valence-corrected chi connectivity index (χ1v) is 9.47. The van der Waals surface area contributed by atoms with Crippen LogP contribution in [-0.4, -0.2) is 74.4 Å². The van der Waals surface area contributed by atoms with Gasteiger partial charge in [-0.1, -0.05) is 0 Å². The maximum Gasteiger partial charge on any atom is 0.252 e. The zero-order valence-corrected chi connectivity index (χ0v) is 16.5. The van der Waals surface area contributed by atoms with Crippen molar-refractivity contribution in [1.82, 2.24) is 34.1 Å². The number of nitrogens with one attached hydrogen (secondary N) is 1. The molecule has 9 heteroatoms. The molecule has 1 aliphatic rings. The van der Waals surface area contributed by atoms with Gasteiger partial charge in [-0.05, 0) is 19.5 Å². The van der Waals surface area contributed by atoms with E-state index in [2.05, 4.69) is 36.8 Å². The number of imidazole rings is 1. The molecule has 3 aromatic heterocycles. The smallest absolute Gasteiger partial charge is 0.252 e. The van der Waals surface area contributed by atoms with Gasteiger partial charge in [0.15, 0.2) is 0 Å². The lowest BCUT2D eigenvalue weighted by molar-refractivity contribution is 0.220. The number of nitrogens with zero attached hydrogens (tertiary/aromatic N) is 7. The molecule has 4 rings (SSSR count). The first-order valence-electron chi connectivity index (χ1n) is 9.47. The second-order valence-electron chi connectivity index (χ2n) is 7.59. The Labute approximate surface area is 163 Å². The molecule has 0 bridgehead atoms. The third-order valence-corrected chi connectivity index (χ3v) is 5.24. The minimum atomic E-state index is -0.114. The molecule has 0 aromatic carbocycles. The highest BCUT2D eigenvalue weighted by atomic mass is 16.1. The first kappa shape index (κ1) is 18.6. The second kappa shape index (κ2) is 7.69. The van der Waals surface area contributed by atoms with E-state index in [1.54, 1.807) is 12.3 Å². The molecule has 9 nitrogen and oxygen atoms in total. The van der Waals surface area contributed by atoms with E-state index >= 15 is 0 Å². The van der Waals surface area contributed by atoms with Crippen molar-refractivity contribution in [3.63, 3.8) is 0 Å². The summed E-state index contributed by atoms with van der Waals surface area (Å²) in [6.45, 7) is 3.52. The van der Waals surface area contributed by atoms with Crippen LogP contribution in [0.3, 0.4) is 0 Å². The number of likely N-dealkylation sites (tertiary alicyclic amines) is 1. The fraction of sp³-hybridized carbons (Fsp3) is 0.474. The minimum absolute atomic E-state index is 0.114. The molecular formula is C19H26N8O. The van der Waals surface area contributed by atoms with E-state index in [9.17, 15) is 4.79 Å². The average molecular weight is 382 g/mol. The SMILES string of the molecule is CN(C)c1nc(CN(C)C2CCN(Cc3cnc4ncccn34)C2)cc(=O)[nH]1. The number of aromatic amines is 1. The topological polar surface area (TPSA) is 85.7 Å². The summed E-state index contributed by atoms with van der Waals surface area (Å²) in [5, 5.41) is 0. The largest absolute Gasteiger partial charge is 0.348 e. The highest BCUT2D eigenvalue weighted by Gasteiger charge is 2.26. The quantitative estimate of drug-likeness (QED) is 0.668. The summed E-state index contributed by atoms with van der Waals surface area (Å²) >= 11 is 0. The lowest BCUT2D eigenvalue weighted by Gasteiger charge is -2.24. The van der Waals surface area contributed by atoms with E-state index < -0.39 is 0 Å². The third kappa shape index (κ3) is 3.90. The van der Waals surface area contributed by atoms with E-state index in [4.69, 9.17) is 0 Å². The fourth-order valence-corrected chi connectivity index (χ4v) is 3.71. The van der Waals surface area contributed by atoms with Crippen LogP contribution in [0.25, 0.3) is 5.78 Å². The molecule has 0 radical (unpaired) electrons. The second-order valence-corrected chi connectivity index (χ2v) is 7.59. The Bertz CT molecular complexity index is 1010. The summed E-state index contributed by atoms with van der Waals surface area (Å²) in [7, 11) is 5.84. The highest BCUT2D eigenvalue weighted by molar-refractivity contribution is 5.30. The van der Waals surface area contributed by atoms with Crippen molar-refractivity contribution >= 4 is 11.7 Å². The molecule has 0 amide bonds. The van der Waals surface area contributed by atoms with E-state index in [-0.39, 0.29) is 5.56 Å². The monoisotopic (exact) mass is 382 g/mol. The van der Waals surface area contributed by atoms with Crippen molar-refractivity contribution < 1.29 is 0 Å². The Morgan fingerprint density at radius 2 is 2.14 bits per heavy atom. The Morgan fingerprint density at radius 3 is 2.96 bits per heavy atom. The summed E-state index contributed by atoms with van der Waals surface area (Å²) in [6, 6.07) is 3.94. The van der Waals surface area contributed by atoms with Gasteiger partial charge in [-0.25, -0.2) is 15.0 Å². The van der Waals surface area contributed by atoms with Crippen molar-refractivity contribution in [3.8, 4) is 0 Å². The van der Waals surface area contributed by atoms with Crippen molar-refractivity contribution in [1.29, 1.82) is 0 Å². The molecule has 1 atom stereocenters. The van der Waals surface area contributed by atoms with Crippen molar-refractivity contribution in [3.05, 3.63) is 52.5 Å². The van der Waals surface area contributed by atoms with Gasteiger partial charge in [0.1, 0.15) is 0 Å². The number of fused-ring (bicyclic) bond motifs is 1. The molecule has 1 fully saturated rings. The number of likely N-dealkylation sites (N-methyl/N-ethyl adjacent to an activating group) is 1. The van der Waals surface area contributed by atoms with Crippen LogP contribution in [0.1, 0.15) is 17.8 Å². The van der Waals surface area contributed by atoms with Crippen molar-refractivity contribution in [2.45, 2.75) is 25.6 Å². The van der Waals surface area contributed by atoms with Crippen LogP contribution in [0.4, 0.5) is 5.95 Å². The number of rotatable bonds is 6. The molecule has 3 aromatic rings. The molecule has 4 heterocycles. The van der Waals surface area contributed by atoms with Gasteiger partial charge in [-0.15, -0.1) is 0 Å². The van der Waals surface area contributed by atoms with E-state index in [1.165, 1.54) is 0 Å². The number of hydrogen-bond acceptors (Lipinski definition) is 7. The third-order valence-electron chi connectivity index (χ3n) is 5.24. The highest BCUT2D eigenvalue weighted by Crippen LogP contribution is 2.19. The van der Waals surface area contributed by atoms with E-state index in [1.807, 2.05) is 41.9 Å². The predicted octanol–water partition coefficient (Wildman–Crippen LogP) is 0.585. The van der Waals surface area contributed by atoms with Crippen LogP contribution < -0.4 is 10.5 Å². The Morgan fingerprint density at radius 1 is 1.29 bits per heavy atom. The molecule has 0 aliphatic carbocycles. The molecule has 148 valence electrons. The Hall–Kier alpha value is -2.78. The lowest BCUT2D eigenvalue weighted by atomic mass is 10.2. The predicted molar refractivity (Wildman–Crippen MR) is 107 cm³/mol. The summed E-state index contributed by atoms with van der Waals surface area (Å²) in [5.74, 6) is 1.33. The molecular weight excluding hydrogens is 356 g/mol. The summed E-state index contributed by atoms with van der Waals surface area (Å²) in [4.78, 5) is 34.4. The molecule has 1 saturated heterocycles. The Kier molecular flexibility index (Phi) is 5.10. The van der Waals surface area contributed by atoms with Gasteiger partial charge in [0.2, 0.25) is 11.7 Å². The zero-order valence-electron chi connectivity index (χ0n) is 16.5. The maximum absolute atomic E-state index is 11.9. The van der Waals surface area contributed by atoms with Crippen LogP contribution in [0.15, 0.2) is 35.5 Å². The number of H-pyrrole nitrogens is 1. The fourth-order valence-electron chi connectivity index (χ4n) is 3.71. The van der Waals surface area contributed by atoms with Crippen LogP contribution in [0.5, 0.6) is 0 Å². The number of hydrogen-bond donors (Lipinski definition) is 1. The van der Waals surface area contributed by atoms with Crippen LogP contribution in [-0.2, 0) is 13.1 Å². The molecule has 0 spiro atoms. The van der Waals surface area contributed by atoms with Gasteiger partial charge in [0, 0.05) is 64.8 Å². The van der Waals surface area contributed by atoms with Gasteiger partial charge in [-0.2, -0.15) is 0 Å². The van der Waals surface area contributed by atoms with Crippen LogP contribution in [0, 0.1) is 0 Å². The van der Waals surface area contributed by atoms with E-state index in [0.717, 1.165) is 43.2 Å². The molecule has 28 heavy (non-hydrogen) atoms. The summed E-state index contributed by atoms with van der Waals surface area (Å²) in [6.07, 6.45) is 6.76. The summed E-state index contributed by atoms with van der Waals surface area (Å²) in [5.41, 5.74) is 1.83. The van der Waals surface area contributed by atoms with Gasteiger partial charge in [-0.3, -0.25) is 24.0 Å². The van der Waals surface area contributed by atoms with Crippen LogP contribution >= 0.6 is 0 Å². The number of anilines is 1.